The minimum absolute atomic E-state index is 0.275. The van der Waals surface area contributed by atoms with Crippen molar-refractivity contribution < 1.29 is 9.59 Å². The molecule has 8 heteroatoms. The average Bonchev–Trinajstić information content (AvgIpc) is 3.18. The Morgan fingerprint density at radius 1 is 1.19 bits per heavy atom. The quantitative estimate of drug-likeness (QED) is 0.411. The van der Waals surface area contributed by atoms with Crippen molar-refractivity contribution in [1.29, 1.82) is 5.41 Å². The summed E-state index contributed by atoms with van der Waals surface area (Å²) in [5, 5.41) is 13.2. The lowest BCUT2D eigenvalue weighted by atomic mass is 10.0. The summed E-state index contributed by atoms with van der Waals surface area (Å²) in [6, 6.07) is 5.76. The van der Waals surface area contributed by atoms with Crippen LogP contribution in [0.5, 0.6) is 0 Å². The van der Waals surface area contributed by atoms with Crippen LogP contribution in [-0.2, 0) is 17.9 Å². The Morgan fingerprint density at radius 3 is 2.45 bits per heavy atom. The molecule has 0 radical (unpaired) electrons. The van der Waals surface area contributed by atoms with Gasteiger partial charge in [0.15, 0.2) is 0 Å². The molecule has 2 aromatic rings. The molecule has 0 spiro atoms. The van der Waals surface area contributed by atoms with Crippen molar-refractivity contribution in [2.75, 3.05) is 4.90 Å². The van der Waals surface area contributed by atoms with E-state index in [1.54, 1.807) is 36.5 Å². The molecular weight excluding hydrogens is 409 g/mol. The number of hydrogen-bond donors (Lipinski definition) is 1. The second kappa shape index (κ2) is 8.39. The van der Waals surface area contributed by atoms with Crippen molar-refractivity contribution in [2.24, 2.45) is 0 Å². The van der Waals surface area contributed by atoms with Gasteiger partial charge in [-0.1, -0.05) is 23.8 Å². The molecule has 1 atom stereocenters. The van der Waals surface area contributed by atoms with E-state index >= 15 is 0 Å². The Kier molecular flexibility index (Phi) is 6.19. The second-order valence-electron chi connectivity index (χ2n) is 8.68. The third-order valence-electron chi connectivity index (χ3n) is 5.78. The highest BCUT2D eigenvalue weighted by atomic mass is 31.0. The molecule has 3 amide bonds. The van der Waals surface area contributed by atoms with Gasteiger partial charge in [0.05, 0.1) is 18.4 Å². The van der Waals surface area contributed by atoms with Gasteiger partial charge in [-0.25, -0.2) is 9.69 Å². The predicted octanol–water partition coefficient (Wildman–Crippen LogP) is 4.44. The number of aryl methyl sites for hydroxylation is 2. The third kappa shape index (κ3) is 4.33. The van der Waals surface area contributed by atoms with Gasteiger partial charge in [-0.3, -0.25) is 9.48 Å². The number of nitrogens with one attached hydrogen (secondary N) is 1. The van der Waals surface area contributed by atoms with Crippen LogP contribution in [0.3, 0.4) is 0 Å². The van der Waals surface area contributed by atoms with E-state index in [2.05, 4.69) is 20.4 Å². The van der Waals surface area contributed by atoms with Crippen molar-refractivity contribution in [1.82, 2.24) is 14.7 Å². The molecule has 0 saturated carbocycles. The highest BCUT2D eigenvalue weighted by Gasteiger charge is 2.52. The van der Waals surface area contributed by atoms with Crippen LogP contribution in [0.2, 0.25) is 0 Å². The Bertz CT molecular complexity index is 1100. The van der Waals surface area contributed by atoms with Crippen molar-refractivity contribution >= 4 is 32.6 Å². The molecule has 1 fully saturated rings. The molecule has 1 aromatic carbocycles. The van der Waals surface area contributed by atoms with Gasteiger partial charge in [0, 0.05) is 18.5 Å². The number of carbonyl (C=O) groups excluding carboxylic acids is 2. The number of rotatable bonds is 6. The molecule has 7 nitrogen and oxygen atoms in total. The standard InChI is InChI=1S/C23H30N5O2P/c1-14-7-8-18(15(2)9-14)11-27-22(30)28(21(29)23(27,5)6)19-10-25-26(12-19)13-20(16(3)24)17(4)31/h7-10,12,24H,11,13,31H2,1-6H3/b20-17-,24-16?. The number of benzene rings is 1. The topological polar surface area (TPSA) is 82.3 Å². The molecule has 1 saturated heterocycles. The van der Waals surface area contributed by atoms with E-state index in [4.69, 9.17) is 5.41 Å². The lowest BCUT2D eigenvalue weighted by Crippen LogP contribution is -2.43. The maximum atomic E-state index is 13.3. The zero-order valence-corrected chi connectivity index (χ0v) is 20.1. The van der Waals surface area contributed by atoms with E-state index in [0.717, 1.165) is 27.6 Å². The normalized spacial score (nSPS) is 16.7. The summed E-state index contributed by atoms with van der Waals surface area (Å²) >= 11 is 0. The van der Waals surface area contributed by atoms with Gasteiger partial charge in [0.2, 0.25) is 0 Å². The maximum Gasteiger partial charge on any atom is 0.332 e. The van der Waals surface area contributed by atoms with Crippen LogP contribution in [0.25, 0.3) is 0 Å². The summed E-state index contributed by atoms with van der Waals surface area (Å²) < 4.78 is 1.65. The van der Waals surface area contributed by atoms with Gasteiger partial charge in [0.25, 0.3) is 5.91 Å². The number of anilines is 1. The highest BCUT2D eigenvalue weighted by molar-refractivity contribution is 7.22. The molecule has 2 heterocycles. The average molecular weight is 440 g/mol. The van der Waals surface area contributed by atoms with E-state index in [-0.39, 0.29) is 11.9 Å². The van der Waals surface area contributed by atoms with Crippen LogP contribution < -0.4 is 4.90 Å². The fourth-order valence-corrected chi connectivity index (χ4v) is 4.09. The van der Waals surface area contributed by atoms with Gasteiger partial charge in [-0.15, -0.1) is 9.24 Å². The maximum absolute atomic E-state index is 13.3. The van der Waals surface area contributed by atoms with Crippen molar-refractivity contribution in [3.05, 3.63) is 58.2 Å². The molecule has 0 aliphatic carbocycles. The first kappa shape index (κ1) is 22.9. The summed E-state index contributed by atoms with van der Waals surface area (Å²) in [6.07, 6.45) is 3.21. The van der Waals surface area contributed by atoms with Crippen LogP contribution in [0.15, 0.2) is 41.5 Å². The van der Waals surface area contributed by atoms with Gasteiger partial charge in [0.1, 0.15) is 5.54 Å². The SMILES string of the molecule is CC(=N)/C(Cn1cc(N2C(=O)N(Cc3ccc(C)cc3C)C(C)(C)C2=O)cn1)=C(/C)P. The largest absolute Gasteiger partial charge is 0.332 e. The number of aromatic nitrogens is 2. The molecule has 164 valence electrons. The van der Waals surface area contributed by atoms with Crippen LogP contribution in [0.1, 0.15) is 44.4 Å². The fourth-order valence-electron chi connectivity index (χ4n) is 3.78. The van der Waals surface area contributed by atoms with Crippen LogP contribution >= 0.6 is 9.24 Å². The Balaban J connectivity index is 1.89. The van der Waals surface area contributed by atoms with E-state index in [9.17, 15) is 9.59 Å². The first-order valence-corrected chi connectivity index (χ1v) is 10.8. The van der Waals surface area contributed by atoms with Gasteiger partial charge in [-0.05, 0) is 63.6 Å². The van der Waals surface area contributed by atoms with Crippen LogP contribution in [0.4, 0.5) is 10.5 Å². The molecule has 0 bridgehead atoms. The molecule has 1 aliphatic heterocycles. The molecular formula is C23H30N5O2P. The lowest BCUT2D eigenvalue weighted by Gasteiger charge is -2.28. The number of urea groups is 1. The minimum atomic E-state index is -0.968. The fraction of sp³-hybridized carbons (Fsp3) is 0.391. The van der Waals surface area contributed by atoms with Gasteiger partial charge < -0.3 is 10.3 Å². The zero-order chi connectivity index (χ0) is 23.1. The van der Waals surface area contributed by atoms with Gasteiger partial charge in [-0.2, -0.15) is 5.10 Å². The molecule has 1 aliphatic rings. The summed E-state index contributed by atoms with van der Waals surface area (Å²) in [7, 11) is 2.61. The van der Waals surface area contributed by atoms with E-state index in [1.807, 2.05) is 32.9 Å². The lowest BCUT2D eigenvalue weighted by molar-refractivity contribution is -0.123. The van der Waals surface area contributed by atoms with E-state index in [0.29, 0.717) is 24.5 Å². The second-order valence-corrected chi connectivity index (χ2v) is 9.55. The monoisotopic (exact) mass is 439 g/mol. The molecule has 1 N–H and O–H groups in total. The molecule has 1 aromatic heterocycles. The van der Waals surface area contributed by atoms with Crippen molar-refractivity contribution in [3.63, 3.8) is 0 Å². The summed E-state index contributed by atoms with van der Waals surface area (Å²) in [6.45, 7) is 12.0. The number of amides is 3. The third-order valence-corrected chi connectivity index (χ3v) is 6.13. The molecule has 1 unspecified atom stereocenters. The van der Waals surface area contributed by atoms with Crippen molar-refractivity contribution in [2.45, 2.75) is 60.2 Å². The Hall–Kier alpha value is -2.79. The van der Waals surface area contributed by atoms with Crippen molar-refractivity contribution in [3.8, 4) is 0 Å². The van der Waals surface area contributed by atoms with Gasteiger partial charge >= 0.3 is 6.03 Å². The minimum Gasteiger partial charge on any atom is -0.305 e. The number of nitrogens with zero attached hydrogens (tertiary/aromatic N) is 4. The predicted molar refractivity (Wildman–Crippen MR) is 126 cm³/mol. The Morgan fingerprint density at radius 2 is 1.87 bits per heavy atom. The summed E-state index contributed by atoms with van der Waals surface area (Å²) in [4.78, 5) is 29.3. The van der Waals surface area contributed by atoms with Crippen LogP contribution in [-0.4, -0.2) is 37.9 Å². The summed E-state index contributed by atoms with van der Waals surface area (Å²) in [5.41, 5.74) is 4.04. The Labute approximate surface area is 185 Å². The van der Waals surface area contributed by atoms with E-state index < -0.39 is 5.54 Å². The smallest absolute Gasteiger partial charge is 0.305 e. The van der Waals surface area contributed by atoms with Crippen LogP contribution in [0, 0.1) is 19.3 Å². The number of imide groups is 1. The number of carbonyl (C=O) groups is 2. The first-order chi connectivity index (χ1) is 14.4. The first-order valence-electron chi connectivity index (χ1n) is 10.2. The molecule has 3 rings (SSSR count). The highest BCUT2D eigenvalue weighted by Crippen LogP contribution is 2.33. The zero-order valence-electron chi connectivity index (χ0n) is 19.0. The number of allylic oxidation sites excluding steroid dienone is 2. The molecule has 31 heavy (non-hydrogen) atoms. The van der Waals surface area contributed by atoms with E-state index in [1.165, 1.54) is 11.1 Å². The summed E-state index contributed by atoms with van der Waals surface area (Å²) in [5.74, 6) is -0.275. The number of hydrogen-bond acceptors (Lipinski definition) is 4.